The number of hydrogen-bond donors (Lipinski definition) is 3. The lowest BCUT2D eigenvalue weighted by Gasteiger charge is -2.38. The van der Waals surface area contributed by atoms with E-state index in [4.69, 9.17) is 14.8 Å². The second-order valence-electron chi connectivity index (χ2n) is 20.3. The van der Waals surface area contributed by atoms with Crippen LogP contribution in [0.15, 0.2) is 85.1 Å². The number of nitrogens with one attached hydrogen (secondary N) is 2. The fourth-order valence-corrected chi connectivity index (χ4v) is 12.6. The Morgan fingerprint density at radius 2 is 1.67 bits per heavy atom. The Kier molecular flexibility index (Phi) is 13.4. The van der Waals surface area contributed by atoms with Crippen LogP contribution in [-0.2, 0) is 29.6 Å². The van der Waals surface area contributed by atoms with Crippen molar-refractivity contribution in [3.8, 4) is 16.9 Å². The maximum absolute atomic E-state index is 13.6. The van der Waals surface area contributed by atoms with Crippen molar-refractivity contribution in [2.45, 2.75) is 83.8 Å². The minimum atomic E-state index is -1.12. The molecule has 3 N–H and O–H groups in total. The number of piperidine rings is 1. The molecular formula is C56H60N10O6S. The van der Waals surface area contributed by atoms with Gasteiger partial charge < -0.3 is 19.6 Å². The summed E-state index contributed by atoms with van der Waals surface area (Å²) in [7, 11) is 1.94. The number of piperazine rings is 1. The SMILES string of the molecule is Cc1c(OC2CCC(CC(C)CN3CCN(c4cccc5c(C6CCC(=O)NC6=O)nn(C)c45)CC3)CC2)cccc1-c1ccc(N2CCc3ccnc(C(=O)Nc4nc5ccccc5s4)c3C2)nc1C(=O)O. The predicted molar refractivity (Wildman–Crippen MR) is 283 cm³/mol. The number of para-hydroxylation sites is 2. The number of carboxylic acid groups (broad SMARTS) is 1. The zero-order valence-corrected chi connectivity index (χ0v) is 42.3. The van der Waals surface area contributed by atoms with Gasteiger partial charge >= 0.3 is 5.97 Å². The van der Waals surface area contributed by atoms with E-state index in [2.05, 4.69) is 49.5 Å². The van der Waals surface area contributed by atoms with Crippen molar-refractivity contribution < 1.29 is 29.0 Å². The highest BCUT2D eigenvalue weighted by Gasteiger charge is 2.34. The first-order valence-electron chi connectivity index (χ1n) is 25.6. The van der Waals surface area contributed by atoms with E-state index in [0.717, 1.165) is 119 Å². The standard InChI is InChI=1S/C56H60N10O6S/c1-33(31-64-26-28-65(29-27-64)44-11-6-9-40-49(62-63(3)52(40)44)41-19-21-48(67)60-53(41)68)30-35-14-16-37(17-15-35)72-45-12-7-8-38(34(45)2)39-18-20-47(59-51(39)55(70)71)66-25-23-36-22-24-57-50(42(36)32-66)54(69)61-56-58-43-10-4-5-13-46(43)73-56/h4-13,18,20,22,24,33,35,37,41H,14-17,19,21,23,25-32H2,1-3H3,(H,70,71)(H,58,61,69)(H,60,67,68). The summed E-state index contributed by atoms with van der Waals surface area (Å²) in [6.07, 6.45) is 8.55. The van der Waals surface area contributed by atoms with Crippen LogP contribution >= 0.6 is 11.3 Å². The minimum absolute atomic E-state index is 0.0375. The van der Waals surface area contributed by atoms with E-state index in [1.165, 1.54) is 17.8 Å². The zero-order valence-electron chi connectivity index (χ0n) is 41.5. The number of benzene rings is 3. The summed E-state index contributed by atoms with van der Waals surface area (Å²) < 4.78 is 9.59. The molecule has 2 saturated heterocycles. The van der Waals surface area contributed by atoms with E-state index in [1.54, 1.807) is 6.20 Å². The summed E-state index contributed by atoms with van der Waals surface area (Å²) in [4.78, 5) is 71.9. The molecule has 376 valence electrons. The van der Waals surface area contributed by atoms with Crippen molar-refractivity contribution in [1.29, 1.82) is 0 Å². The maximum Gasteiger partial charge on any atom is 0.355 e. The third-order valence-electron chi connectivity index (χ3n) is 15.4. The molecule has 4 aliphatic rings. The maximum atomic E-state index is 13.6. The van der Waals surface area contributed by atoms with E-state index < -0.39 is 11.9 Å². The molecule has 3 aromatic carbocycles. The Morgan fingerprint density at radius 3 is 2.47 bits per heavy atom. The molecule has 16 nitrogen and oxygen atoms in total. The Balaban J connectivity index is 0.681. The Labute approximate surface area is 427 Å². The summed E-state index contributed by atoms with van der Waals surface area (Å²) in [5, 5.41) is 22.3. The molecule has 2 unspecified atom stereocenters. The topological polar surface area (TPSA) is 188 Å². The number of aromatic nitrogens is 5. The zero-order chi connectivity index (χ0) is 50.3. The van der Waals surface area contributed by atoms with E-state index in [9.17, 15) is 24.3 Å². The third-order valence-corrected chi connectivity index (χ3v) is 16.4. The molecule has 3 fully saturated rings. The van der Waals surface area contributed by atoms with E-state index in [-0.39, 0.29) is 29.5 Å². The number of carbonyl (C=O) groups excluding carboxylic acids is 3. The smallest absolute Gasteiger partial charge is 0.355 e. The number of ether oxygens (including phenoxy) is 1. The first kappa shape index (κ1) is 48.1. The van der Waals surface area contributed by atoms with Crippen LogP contribution in [0.3, 0.4) is 0 Å². The van der Waals surface area contributed by atoms with Gasteiger partial charge in [-0.15, -0.1) is 0 Å². The lowest BCUT2D eigenvalue weighted by atomic mass is 9.82. The fraction of sp³-hybridized carbons (Fsp3) is 0.393. The number of carboxylic acids is 1. The summed E-state index contributed by atoms with van der Waals surface area (Å²) in [5.41, 5.74) is 8.00. The largest absolute Gasteiger partial charge is 0.490 e. The monoisotopic (exact) mass is 1000 g/mol. The number of fused-ring (bicyclic) bond motifs is 3. The molecule has 11 rings (SSSR count). The van der Waals surface area contributed by atoms with Crippen LogP contribution in [0, 0.1) is 18.8 Å². The van der Waals surface area contributed by atoms with Crippen molar-refractivity contribution >= 4 is 72.8 Å². The van der Waals surface area contributed by atoms with Gasteiger partial charge in [-0.2, -0.15) is 5.10 Å². The molecule has 1 saturated carbocycles. The molecule has 2 atom stereocenters. The van der Waals surface area contributed by atoms with Crippen LogP contribution in [0.4, 0.5) is 16.6 Å². The molecule has 17 heteroatoms. The molecule has 0 spiro atoms. The van der Waals surface area contributed by atoms with Crippen molar-refractivity contribution in [2.24, 2.45) is 18.9 Å². The van der Waals surface area contributed by atoms with E-state index >= 15 is 0 Å². The highest BCUT2D eigenvalue weighted by Crippen LogP contribution is 2.39. The van der Waals surface area contributed by atoms with Crippen LogP contribution < -0.4 is 25.2 Å². The number of aryl methyl sites for hydroxylation is 1. The first-order chi connectivity index (χ1) is 35.4. The van der Waals surface area contributed by atoms with Crippen LogP contribution in [0.5, 0.6) is 5.75 Å². The molecule has 73 heavy (non-hydrogen) atoms. The van der Waals surface area contributed by atoms with Gasteiger partial charge in [0.2, 0.25) is 11.8 Å². The van der Waals surface area contributed by atoms with Gasteiger partial charge in [-0.3, -0.25) is 39.6 Å². The number of hydrogen-bond acceptors (Lipinski definition) is 13. The van der Waals surface area contributed by atoms with Crippen molar-refractivity contribution in [2.75, 3.05) is 54.4 Å². The Bertz CT molecular complexity index is 3230. The molecule has 0 bridgehead atoms. The lowest BCUT2D eigenvalue weighted by molar-refractivity contribution is -0.134. The molecule has 3 amide bonds. The third kappa shape index (κ3) is 9.87. The fourth-order valence-electron chi connectivity index (χ4n) is 11.7. The van der Waals surface area contributed by atoms with Gasteiger partial charge in [0.15, 0.2) is 10.8 Å². The van der Waals surface area contributed by atoms with Gasteiger partial charge in [0.25, 0.3) is 5.91 Å². The van der Waals surface area contributed by atoms with E-state index in [1.807, 2.05) is 90.3 Å². The molecular weight excluding hydrogens is 941 g/mol. The quantitative estimate of drug-likeness (QED) is 0.0932. The summed E-state index contributed by atoms with van der Waals surface area (Å²) in [6, 6.07) is 25.5. The highest BCUT2D eigenvalue weighted by atomic mass is 32.1. The van der Waals surface area contributed by atoms with Crippen LogP contribution in [-0.4, -0.2) is 104 Å². The van der Waals surface area contributed by atoms with Gasteiger partial charge in [-0.1, -0.05) is 54.7 Å². The van der Waals surface area contributed by atoms with Gasteiger partial charge in [0.05, 0.1) is 39.1 Å². The average molecular weight is 1000 g/mol. The first-order valence-corrected chi connectivity index (χ1v) is 26.4. The highest BCUT2D eigenvalue weighted by molar-refractivity contribution is 7.22. The van der Waals surface area contributed by atoms with Crippen molar-refractivity contribution in [1.82, 2.24) is 34.9 Å². The molecule has 1 aliphatic carbocycles. The number of carbonyl (C=O) groups is 4. The number of aromatic carboxylic acids is 1. The second kappa shape index (κ2) is 20.3. The Morgan fingerprint density at radius 1 is 0.863 bits per heavy atom. The van der Waals surface area contributed by atoms with Crippen LogP contribution in [0.1, 0.15) is 101 Å². The number of anilines is 3. The molecule has 4 aromatic heterocycles. The number of thiazole rings is 1. The van der Waals surface area contributed by atoms with Gasteiger partial charge in [-0.25, -0.2) is 14.8 Å². The van der Waals surface area contributed by atoms with E-state index in [0.29, 0.717) is 66.4 Å². The summed E-state index contributed by atoms with van der Waals surface area (Å²) in [6.45, 7) is 10.2. The predicted octanol–water partition coefficient (Wildman–Crippen LogP) is 8.77. The number of pyridine rings is 2. The normalized spacial score (nSPS) is 20.0. The molecule has 0 radical (unpaired) electrons. The molecule has 3 aliphatic heterocycles. The number of rotatable bonds is 13. The molecule has 7 heterocycles. The number of nitrogens with zero attached hydrogens (tertiary/aromatic N) is 8. The Hall–Kier alpha value is -7.24. The number of amides is 3. The van der Waals surface area contributed by atoms with Crippen molar-refractivity contribution in [3.05, 3.63) is 119 Å². The van der Waals surface area contributed by atoms with Crippen molar-refractivity contribution in [3.63, 3.8) is 0 Å². The lowest BCUT2D eigenvalue weighted by Crippen LogP contribution is -2.47. The number of imide groups is 1. The van der Waals surface area contributed by atoms with Gasteiger partial charge in [-0.05, 0) is 123 Å². The summed E-state index contributed by atoms with van der Waals surface area (Å²) in [5.74, 6) is 0.131. The average Bonchev–Trinajstić information content (AvgIpc) is 3.97. The van der Waals surface area contributed by atoms with Gasteiger partial charge in [0, 0.05) is 82.0 Å². The van der Waals surface area contributed by atoms with Crippen LogP contribution in [0.2, 0.25) is 0 Å². The minimum Gasteiger partial charge on any atom is -0.490 e. The van der Waals surface area contributed by atoms with Gasteiger partial charge in [0.1, 0.15) is 17.3 Å². The molecule has 7 aromatic rings. The summed E-state index contributed by atoms with van der Waals surface area (Å²) >= 11 is 1.41. The second-order valence-corrected chi connectivity index (χ2v) is 21.3. The van der Waals surface area contributed by atoms with Crippen LogP contribution in [0.25, 0.3) is 32.2 Å².